The predicted molar refractivity (Wildman–Crippen MR) is 58.9 cm³/mol. The highest BCUT2D eigenvalue weighted by molar-refractivity contribution is 7.90. The number of carbonyl (C=O) groups is 2. The van der Waals surface area contributed by atoms with Crippen LogP contribution < -0.4 is 10.0 Å². The normalized spacial score (nSPS) is 10.4. The first kappa shape index (κ1) is 13.0. The molecule has 0 bridgehead atoms. The summed E-state index contributed by atoms with van der Waals surface area (Å²) in [5, 5.41) is 2.35. The molecule has 92 valence electrons. The molecule has 0 aliphatic carbocycles. The molecule has 0 radical (unpaired) electrons. The standard InChI is InChI=1S/C9H10N2O5S/c1-16-9(13)11-17(14,15)8-4-2-7(3-5-8)10-6-12/h2-6H,1H3,(H,10,12)(H,11,13). The van der Waals surface area contributed by atoms with Crippen molar-refractivity contribution in [1.82, 2.24) is 4.72 Å². The van der Waals surface area contributed by atoms with Gasteiger partial charge in [0.05, 0.1) is 12.0 Å². The predicted octanol–water partition coefficient (Wildman–Crippen LogP) is 0.300. The number of hydrogen-bond acceptors (Lipinski definition) is 5. The van der Waals surface area contributed by atoms with Gasteiger partial charge in [0.2, 0.25) is 6.41 Å². The number of nitrogens with one attached hydrogen (secondary N) is 2. The van der Waals surface area contributed by atoms with Crippen molar-refractivity contribution in [2.45, 2.75) is 4.90 Å². The smallest absolute Gasteiger partial charge is 0.420 e. The largest absolute Gasteiger partial charge is 0.452 e. The molecule has 0 spiro atoms. The second-order valence-corrected chi connectivity index (χ2v) is 4.57. The molecular formula is C9H10N2O5S. The fourth-order valence-corrected chi connectivity index (χ4v) is 1.92. The van der Waals surface area contributed by atoms with E-state index in [9.17, 15) is 18.0 Å². The lowest BCUT2D eigenvalue weighted by molar-refractivity contribution is -0.105. The van der Waals surface area contributed by atoms with Crippen molar-refractivity contribution in [3.63, 3.8) is 0 Å². The summed E-state index contributed by atoms with van der Waals surface area (Å²) in [5.41, 5.74) is 0.442. The SMILES string of the molecule is COC(=O)NS(=O)(=O)c1ccc(NC=O)cc1. The number of rotatable bonds is 4. The van der Waals surface area contributed by atoms with Gasteiger partial charge in [-0.2, -0.15) is 0 Å². The van der Waals surface area contributed by atoms with Crippen LogP contribution in [-0.4, -0.2) is 28.0 Å². The minimum absolute atomic E-state index is 0.112. The van der Waals surface area contributed by atoms with E-state index < -0.39 is 16.1 Å². The summed E-state index contributed by atoms with van der Waals surface area (Å²) >= 11 is 0. The van der Waals surface area contributed by atoms with Crippen LogP contribution in [0.25, 0.3) is 0 Å². The number of benzene rings is 1. The number of ether oxygens (including phenoxy) is 1. The average molecular weight is 258 g/mol. The maximum absolute atomic E-state index is 11.6. The number of carbonyl (C=O) groups excluding carboxylic acids is 2. The molecule has 1 aromatic carbocycles. The third-order valence-corrected chi connectivity index (χ3v) is 3.12. The molecule has 0 saturated heterocycles. The zero-order valence-corrected chi connectivity index (χ0v) is 9.65. The molecule has 0 saturated carbocycles. The lowest BCUT2D eigenvalue weighted by Gasteiger charge is -2.06. The van der Waals surface area contributed by atoms with Crippen molar-refractivity contribution < 1.29 is 22.7 Å². The van der Waals surface area contributed by atoms with Crippen LogP contribution in [0.15, 0.2) is 29.2 Å². The number of methoxy groups -OCH3 is 1. The maximum Gasteiger partial charge on any atom is 0.420 e. The Kier molecular flexibility index (Phi) is 4.05. The van der Waals surface area contributed by atoms with Gasteiger partial charge in [-0.1, -0.05) is 0 Å². The van der Waals surface area contributed by atoms with E-state index in [1.54, 1.807) is 4.72 Å². The molecule has 17 heavy (non-hydrogen) atoms. The summed E-state index contributed by atoms with van der Waals surface area (Å²) in [7, 11) is -2.89. The monoisotopic (exact) mass is 258 g/mol. The van der Waals surface area contributed by atoms with E-state index in [1.165, 1.54) is 24.3 Å². The van der Waals surface area contributed by atoms with Gasteiger partial charge in [0, 0.05) is 5.69 Å². The van der Waals surface area contributed by atoms with Crippen LogP contribution in [0.5, 0.6) is 0 Å². The highest BCUT2D eigenvalue weighted by Crippen LogP contribution is 2.13. The Morgan fingerprint density at radius 1 is 1.29 bits per heavy atom. The quantitative estimate of drug-likeness (QED) is 0.756. The van der Waals surface area contributed by atoms with Crippen LogP contribution in [0.3, 0.4) is 0 Å². The van der Waals surface area contributed by atoms with Crippen LogP contribution in [0, 0.1) is 0 Å². The molecule has 1 aromatic rings. The van der Waals surface area contributed by atoms with Crippen molar-refractivity contribution in [2.24, 2.45) is 0 Å². The van der Waals surface area contributed by atoms with E-state index in [0.717, 1.165) is 7.11 Å². The number of anilines is 1. The first-order valence-corrected chi connectivity index (χ1v) is 5.89. The van der Waals surface area contributed by atoms with Gasteiger partial charge in [-0.15, -0.1) is 0 Å². The first-order chi connectivity index (χ1) is 7.99. The Hall–Kier alpha value is -2.09. The van der Waals surface area contributed by atoms with Crippen LogP contribution in [0.4, 0.5) is 10.5 Å². The van der Waals surface area contributed by atoms with Gasteiger partial charge in [0.25, 0.3) is 10.0 Å². The summed E-state index contributed by atoms with van der Waals surface area (Å²) in [4.78, 5) is 20.8. The Morgan fingerprint density at radius 3 is 2.35 bits per heavy atom. The zero-order chi connectivity index (χ0) is 12.9. The number of sulfonamides is 1. The third kappa shape index (κ3) is 3.45. The van der Waals surface area contributed by atoms with E-state index in [4.69, 9.17) is 0 Å². The van der Waals surface area contributed by atoms with Crippen LogP contribution in [0.2, 0.25) is 0 Å². The molecule has 0 atom stereocenters. The number of hydrogen-bond donors (Lipinski definition) is 2. The molecule has 0 heterocycles. The summed E-state index contributed by atoms with van der Waals surface area (Å²) < 4.78 is 29.0. The second-order valence-electron chi connectivity index (χ2n) is 2.88. The summed E-state index contributed by atoms with van der Waals surface area (Å²) in [5.74, 6) is 0. The topological polar surface area (TPSA) is 102 Å². The summed E-state index contributed by atoms with van der Waals surface area (Å²) in [6.07, 6.45) is -0.601. The minimum atomic E-state index is -3.94. The molecule has 0 unspecified atom stereocenters. The van der Waals surface area contributed by atoms with Gasteiger partial charge in [-0.05, 0) is 24.3 Å². The Labute approximate surface area is 97.8 Å². The summed E-state index contributed by atoms with van der Waals surface area (Å²) in [6, 6.07) is 5.27. The Bertz CT molecular complexity index is 509. The molecule has 0 fully saturated rings. The van der Waals surface area contributed by atoms with Crippen LogP contribution in [-0.2, 0) is 19.6 Å². The van der Waals surface area contributed by atoms with Gasteiger partial charge < -0.3 is 10.1 Å². The van der Waals surface area contributed by atoms with Gasteiger partial charge >= 0.3 is 6.09 Å². The Morgan fingerprint density at radius 2 is 1.88 bits per heavy atom. The molecular weight excluding hydrogens is 248 g/mol. The average Bonchev–Trinajstić information content (AvgIpc) is 2.29. The lowest BCUT2D eigenvalue weighted by atomic mass is 10.3. The van der Waals surface area contributed by atoms with E-state index in [0.29, 0.717) is 12.1 Å². The highest BCUT2D eigenvalue weighted by Gasteiger charge is 2.17. The van der Waals surface area contributed by atoms with Gasteiger partial charge in [0.15, 0.2) is 0 Å². The molecule has 8 heteroatoms. The molecule has 0 aliphatic rings. The van der Waals surface area contributed by atoms with Crippen molar-refractivity contribution in [3.05, 3.63) is 24.3 Å². The van der Waals surface area contributed by atoms with Crippen LogP contribution >= 0.6 is 0 Å². The zero-order valence-electron chi connectivity index (χ0n) is 8.84. The summed E-state index contributed by atoms with van der Waals surface area (Å²) in [6.45, 7) is 0. The molecule has 0 aliphatic heterocycles. The minimum Gasteiger partial charge on any atom is -0.452 e. The first-order valence-electron chi connectivity index (χ1n) is 4.40. The highest BCUT2D eigenvalue weighted by atomic mass is 32.2. The fourth-order valence-electron chi connectivity index (χ4n) is 1.01. The third-order valence-electron chi connectivity index (χ3n) is 1.79. The van der Waals surface area contributed by atoms with Crippen molar-refractivity contribution in [3.8, 4) is 0 Å². The van der Waals surface area contributed by atoms with E-state index in [2.05, 4.69) is 10.1 Å². The van der Waals surface area contributed by atoms with Gasteiger partial charge in [-0.25, -0.2) is 17.9 Å². The molecule has 2 amide bonds. The molecule has 1 rings (SSSR count). The Balaban J connectivity index is 2.92. The van der Waals surface area contributed by atoms with E-state index in [1.807, 2.05) is 0 Å². The van der Waals surface area contributed by atoms with Crippen molar-refractivity contribution in [2.75, 3.05) is 12.4 Å². The maximum atomic E-state index is 11.6. The van der Waals surface area contributed by atoms with Gasteiger partial charge in [-0.3, -0.25) is 4.79 Å². The number of amides is 2. The van der Waals surface area contributed by atoms with Crippen molar-refractivity contribution in [1.29, 1.82) is 0 Å². The molecule has 2 N–H and O–H groups in total. The molecule has 0 aromatic heterocycles. The molecule has 7 nitrogen and oxygen atoms in total. The fraction of sp³-hybridized carbons (Fsp3) is 0.111. The second kappa shape index (κ2) is 5.30. The van der Waals surface area contributed by atoms with Crippen molar-refractivity contribution >= 4 is 28.2 Å². The van der Waals surface area contributed by atoms with Gasteiger partial charge in [0.1, 0.15) is 0 Å². The van der Waals surface area contributed by atoms with E-state index >= 15 is 0 Å². The van der Waals surface area contributed by atoms with E-state index in [-0.39, 0.29) is 4.90 Å². The lowest BCUT2D eigenvalue weighted by Crippen LogP contribution is -2.30. The van der Waals surface area contributed by atoms with Crippen LogP contribution in [0.1, 0.15) is 0 Å².